The Bertz CT molecular complexity index is 1340. The molecule has 0 saturated heterocycles. The fourth-order valence-corrected chi connectivity index (χ4v) is 5.45. The predicted molar refractivity (Wildman–Crippen MR) is 182 cm³/mol. The van der Waals surface area contributed by atoms with Crippen LogP contribution >= 0.6 is 27.3 Å². The van der Waals surface area contributed by atoms with Gasteiger partial charge in [-0.05, 0) is 56.2 Å². The minimum atomic E-state index is -2.53. The average Bonchev–Trinajstić information content (AvgIpc) is 3.55. The highest BCUT2D eigenvalue weighted by molar-refractivity contribution is 9.10. The van der Waals surface area contributed by atoms with Crippen molar-refractivity contribution in [2.75, 3.05) is 13.1 Å². The molecule has 16 nitrogen and oxygen atoms in total. The molecule has 0 aliphatic carbocycles. The number of aliphatic hydroxyl groups is 2. The van der Waals surface area contributed by atoms with E-state index in [1.165, 1.54) is 6.20 Å². The molecule has 18 heteroatoms. The summed E-state index contributed by atoms with van der Waals surface area (Å²) in [5, 5.41) is 36.8. The summed E-state index contributed by atoms with van der Waals surface area (Å²) in [5.41, 5.74) is 16.8. The van der Waals surface area contributed by atoms with Crippen LogP contribution in [0, 0.1) is 5.92 Å². The van der Waals surface area contributed by atoms with Gasteiger partial charge in [-0.15, -0.1) is 11.3 Å². The van der Waals surface area contributed by atoms with Crippen molar-refractivity contribution in [3.05, 3.63) is 50.9 Å². The highest BCUT2D eigenvalue weighted by Gasteiger charge is 2.41. The molecule has 1 heterocycles. The third-order valence-electron chi connectivity index (χ3n) is 7.05. The second-order valence-corrected chi connectivity index (χ2v) is 13.0. The molecule has 4 atom stereocenters. The Hall–Kier alpha value is -4.00. The quantitative estimate of drug-likeness (QED) is 0.0443. The number of nitrogens with zero attached hydrogens (tertiary/aromatic N) is 2. The lowest BCUT2D eigenvalue weighted by Gasteiger charge is -2.33. The number of carbonyl (C=O) groups excluding carboxylic acids is 4. The van der Waals surface area contributed by atoms with Gasteiger partial charge in [0.05, 0.1) is 12.1 Å². The second-order valence-electron chi connectivity index (χ2n) is 11.2. The van der Waals surface area contributed by atoms with E-state index in [2.05, 4.69) is 52.5 Å². The summed E-state index contributed by atoms with van der Waals surface area (Å²) < 4.78 is 0.882. The molecule has 1 aromatic carbocycles. The number of nitrogens with two attached hydrogens (primary N) is 3. The van der Waals surface area contributed by atoms with Crippen LogP contribution in [0.1, 0.15) is 63.1 Å². The van der Waals surface area contributed by atoms with Gasteiger partial charge in [-0.2, -0.15) is 0 Å². The van der Waals surface area contributed by atoms with Gasteiger partial charge < -0.3 is 54.0 Å². The SMILES string of the molecule is CC(C)[C@H](NC(=O)[C@H](CCCNC(N)=O)NC(=O)N[C@H](C)c1ccc(Br)cc1)C(=O)N[C@@H](CCCN=C(N)N)C(O)(O)c1nccs1. The summed E-state index contributed by atoms with van der Waals surface area (Å²) in [5.74, 6) is -4.46. The number of benzene rings is 1. The predicted octanol–water partition coefficient (Wildman–Crippen LogP) is 0.600. The lowest BCUT2D eigenvalue weighted by molar-refractivity contribution is -0.196. The van der Waals surface area contributed by atoms with Crippen LogP contribution in [0.15, 0.2) is 45.3 Å². The molecule has 2 aromatic rings. The molecule has 1 aromatic heterocycles. The van der Waals surface area contributed by atoms with Crippen LogP contribution in [0.25, 0.3) is 0 Å². The van der Waals surface area contributed by atoms with Crippen molar-refractivity contribution in [2.45, 2.75) is 76.4 Å². The summed E-state index contributed by atoms with van der Waals surface area (Å²) >= 11 is 4.37. The van der Waals surface area contributed by atoms with E-state index in [4.69, 9.17) is 17.2 Å². The van der Waals surface area contributed by atoms with Crippen LogP contribution in [0.4, 0.5) is 9.59 Å². The molecule has 0 aliphatic rings. The number of thiazole rings is 1. The first-order valence-electron chi connectivity index (χ1n) is 15.0. The van der Waals surface area contributed by atoms with Crippen LogP contribution in [0.2, 0.25) is 0 Å². The lowest BCUT2D eigenvalue weighted by Crippen LogP contribution is -2.60. The molecule has 2 rings (SSSR count). The Morgan fingerprint density at radius 3 is 2.21 bits per heavy atom. The minimum absolute atomic E-state index is 0.0352. The molecule has 0 aliphatic heterocycles. The number of carbonyl (C=O) groups is 4. The minimum Gasteiger partial charge on any atom is -0.370 e. The molecule has 0 spiro atoms. The van der Waals surface area contributed by atoms with E-state index in [-0.39, 0.29) is 49.7 Å². The van der Waals surface area contributed by atoms with E-state index < -0.39 is 59.7 Å². The van der Waals surface area contributed by atoms with Crippen LogP contribution in [0.3, 0.4) is 0 Å². The normalized spacial score (nSPS) is 13.9. The maximum absolute atomic E-state index is 13.6. The van der Waals surface area contributed by atoms with E-state index >= 15 is 0 Å². The molecule has 0 radical (unpaired) electrons. The van der Waals surface area contributed by atoms with Crippen LogP contribution < -0.4 is 43.8 Å². The molecule has 6 amide bonds. The van der Waals surface area contributed by atoms with Gasteiger partial charge in [0.1, 0.15) is 12.1 Å². The zero-order valence-electron chi connectivity index (χ0n) is 26.5. The van der Waals surface area contributed by atoms with Crippen LogP contribution in [0.5, 0.6) is 0 Å². The van der Waals surface area contributed by atoms with Crippen molar-refractivity contribution in [3.8, 4) is 0 Å². The van der Waals surface area contributed by atoms with Crippen molar-refractivity contribution < 1.29 is 29.4 Å². The fraction of sp³-hybridized carbons (Fsp3) is 0.517. The van der Waals surface area contributed by atoms with Gasteiger partial charge in [-0.1, -0.05) is 41.9 Å². The zero-order valence-corrected chi connectivity index (χ0v) is 28.9. The number of aliphatic imine (C=N–C) groups is 1. The Kier molecular flexibility index (Phi) is 15.8. The smallest absolute Gasteiger partial charge is 0.315 e. The first-order chi connectivity index (χ1) is 22.1. The van der Waals surface area contributed by atoms with Crippen LogP contribution in [-0.4, -0.2) is 76.2 Å². The molecular weight excluding hydrogens is 696 g/mol. The molecule has 0 saturated carbocycles. The van der Waals surface area contributed by atoms with Gasteiger partial charge in [0, 0.05) is 29.1 Å². The number of guanidine groups is 1. The zero-order chi connectivity index (χ0) is 35.1. The van der Waals surface area contributed by atoms with Gasteiger partial charge >= 0.3 is 12.1 Å². The lowest BCUT2D eigenvalue weighted by atomic mass is 9.98. The van der Waals surface area contributed by atoms with Crippen LogP contribution in [-0.2, 0) is 15.4 Å². The van der Waals surface area contributed by atoms with Crippen molar-refractivity contribution in [3.63, 3.8) is 0 Å². The van der Waals surface area contributed by atoms with Gasteiger partial charge in [0.2, 0.25) is 17.6 Å². The van der Waals surface area contributed by atoms with Crippen molar-refractivity contribution in [1.29, 1.82) is 0 Å². The number of rotatable bonds is 18. The van der Waals surface area contributed by atoms with Gasteiger partial charge in [0.15, 0.2) is 11.0 Å². The van der Waals surface area contributed by atoms with Crippen molar-refractivity contribution in [2.24, 2.45) is 28.1 Å². The largest absolute Gasteiger partial charge is 0.370 e. The summed E-state index contributed by atoms with van der Waals surface area (Å²) in [4.78, 5) is 59.1. The van der Waals surface area contributed by atoms with Crippen molar-refractivity contribution >= 4 is 57.1 Å². The number of urea groups is 2. The molecule has 0 unspecified atom stereocenters. The number of aromatic nitrogens is 1. The van der Waals surface area contributed by atoms with Gasteiger partial charge in [-0.25, -0.2) is 14.6 Å². The topological polar surface area (TPSA) is 272 Å². The first-order valence-corrected chi connectivity index (χ1v) is 16.7. The Morgan fingerprint density at radius 2 is 1.64 bits per heavy atom. The number of amides is 6. The molecule has 13 N–H and O–H groups in total. The third kappa shape index (κ3) is 13.3. The number of halogens is 1. The van der Waals surface area contributed by atoms with Crippen molar-refractivity contribution in [1.82, 2.24) is 31.6 Å². The Labute approximate surface area is 285 Å². The fourth-order valence-electron chi connectivity index (χ4n) is 4.50. The summed E-state index contributed by atoms with van der Waals surface area (Å²) in [6, 6.07) is 2.15. The van der Waals surface area contributed by atoms with Gasteiger partial charge in [0.25, 0.3) is 0 Å². The third-order valence-corrected chi connectivity index (χ3v) is 8.47. The standard InChI is InChI=1S/C29H45BrN10O6S/c1-16(2)22(24(42)39-21(7-5-12-35-26(31)32)29(45,46)25-34-14-15-47-25)40-23(41)20(6-4-13-36-27(33)43)38-28(44)37-17(3)18-8-10-19(30)11-9-18/h8-11,14-17,20-22,45-46H,4-7,12-13H2,1-3H3,(H,39,42)(H,40,41)(H4,31,32,35)(H3,33,36,43)(H2,37,38,44)/t17-,20+,21+,22+/m1/s1. The van der Waals surface area contributed by atoms with E-state index in [1.807, 2.05) is 24.3 Å². The number of nitrogens with one attached hydrogen (secondary N) is 5. The first kappa shape index (κ1) is 39.2. The molecule has 47 heavy (non-hydrogen) atoms. The Balaban J connectivity index is 2.20. The molecule has 260 valence electrons. The highest BCUT2D eigenvalue weighted by Crippen LogP contribution is 2.27. The molecular formula is C29H45BrN10O6S. The number of hydrogen-bond acceptors (Lipinski definition) is 9. The van der Waals surface area contributed by atoms with E-state index in [1.54, 1.807) is 26.2 Å². The number of primary amides is 1. The molecule has 0 fully saturated rings. The van der Waals surface area contributed by atoms with E-state index in [0.717, 1.165) is 21.4 Å². The van der Waals surface area contributed by atoms with Gasteiger partial charge in [-0.3, -0.25) is 14.6 Å². The average molecular weight is 742 g/mol. The second kappa shape index (κ2) is 19.0. The summed E-state index contributed by atoms with van der Waals surface area (Å²) in [6.07, 6.45) is 2.13. The van der Waals surface area contributed by atoms with E-state index in [0.29, 0.717) is 0 Å². The maximum atomic E-state index is 13.6. The Morgan fingerprint density at radius 1 is 0.957 bits per heavy atom. The van der Waals surface area contributed by atoms with E-state index in [9.17, 15) is 29.4 Å². The summed E-state index contributed by atoms with van der Waals surface area (Å²) in [7, 11) is 0. The highest BCUT2D eigenvalue weighted by atomic mass is 79.9. The summed E-state index contributed by atoms with van der Waals surface area (Å²) in [6.45, 7) is 5.52. The molecule has 0 bridgehead atoms. The monoisotopic (exact) mass is 740 g/mol. The maximum Gasteiger partial charge on any atom is 0.315 e. The number of hydrogen-bond donors (Lipinski definition) is 10.